The number of hydrogen-bond donors (Lipinski definition) is 1. The Morgan fingerprint density at radius 1 is 1.60 bits per heavy atom. The van der Waals surface area contributed by atoms with E-state index in [1.807, 2.05) is 6.08 Å². The molecule has 15 heavy (non-hydrogen) atoms. The van der Waals surface area contributed by atoms with Crippen LogP contribution < -0.4 is 5.32 Å². The molecular weight excluding hydrogens is 202 g/mol. The molecule has 0 bridgehead atoms. The van der Waals surface area contributed by atoms with E-state index >= 15 is 0 Å². The quantitative estimate of drug-likeness (QED) is 0.667. The molecule has 1 saturated heterocycles. The minimum atomic E-state index is 0.502. The van der Waals surface area contributed by atoms with E-state index in [0.717, 1.165) is 6.42 Å². The number of rotatable bonds is 7. The van der Waals surface area contributed by atoms with Gasteiger partial charge in [-0.1, -0.05) is 13.0 Å². The maximum atomic E-state index is 3.79. The minimum Gasteiger partial charge on any atom is -0.313 e. The van der Waals surface area contributed by atoms with Gasteiger partial charge in [0.15, 0.2) is 0 Å². The third-order valence-electron chi connectivity index (χ3n) is 3.28. The largest absolute Gasteiger partial charge is 0.313 e. The molecule has 1 N–H and O–H groups in total. The van der Waals surface area contributed by atoms with Crippen molar-refractivity contribution in [3.8, 4) is 0 Å². The molecule has 2 unspecified atom stereocenters. The van der Waals surface area contributed by atoms with E-state index in [-0.39, 0.29) is 0 Å². The van der Waals surface area contributed by atoms with E-state index in [0.29, 0.717) is 10.8 Å². The van der Waals surface area contributed by atoms with Gasteiger partial charge in [-0.2, -0.15) is 11.8 Å². The van der Waals surface area contributed by atoms with Gasteiger partial charge < -0.3 is 5.32 Å². The van der Waals surface area contributed by atoms with Gasteiger partial charge in [0, 0.05) is 17.3 Å². The van der Waals surface area contributed by atoms with Gasteiger partial charge in [-0.05, 0) is 44.8 Å². The zero-order chi connectivity index (χ0) is 11.1. The molecule has 1 aliphatic rings. The number of thioether (sulfide) groups is 1. The summed E-state index contributed by atoms with van der Waals surface area (Å²) in [6, 6.07) is 0.682. The van der Waals surface area contributed by atoms with E-state index in [4.69, 9.17) is 0 Å². The highest BCUT2D eigenvalue weighted by atomic mass is 32.2. The Morgan fingerprint density at radius 2 is 2.40 bits per heavy atom. The highest BCUT2D eigenvalue weighted by Crippen LogP contribution is 2.37. The molecule has 1 nitrogen and oxygen atoms in total. The normalized spacial score (nSPS) is 27.9. The maximum Gasteiger partial charge on any atom is 0.0256 e. The van der Waals surface area contributed by atoms with Gasteiger partial charge in [-0.25, -0.2) is 0 Å². The lowest BCUT2D eigenvalue weighted by molar-refractivity contribution is 0.433. The van der Waals surface area contributed by atoms with Gasteiger partial charge in [0.1, 0.15) is 0 Å². The molecule has 2 atom stereocenters. The summed E-state index contributed by atoms with van der Waals surface area (Å²) in [5, 5.41) is 3.72. The van der Waals surface area contributed by atoms with Crippen molar-refractivity contribution in [2.75, 3.05) is 12.3 Å². The maximum absolute atomic E-state index is 3.79. The molecule has 0 aromatic heterocycles. The van der Waals surface area contributed by atoms with Crippen LogP contribution in [0.1, 0.15) is 46.0 Å². The predicted octanol–water partition coefficient (Wildman–Crippen LogP) is 3.61. The standard InChI is InChI=1S/C13H25NS/c1-4-6-8-12(5-2)14-11-13(3)9-7-10-15-13/h4,12,14H,1,5-11H2,2-3H3. The lowest BCUT2D eigenvalue weighted by Crippen LogP contribution is -2.39. The van der Waals surface area contributed by atoms with E-state index in [9.17, 15) is 0 Å². The molecular formula is C13H25NS. The molecule has 0 aromatic carbocycles. The Morgan fingerprint density at radius 3 is 2.93 bits per heavy atom. The van der Waals surface area contributed by atoms with Gasteiger partial charge in [0.05, 0.1) is 0 Å². The van der Waals surface area contributed by atoms with Crippen LogP contribution in [0.3, 0.4) is 0 Å². The zero-order valence-corrected chi connectivity index (χ0v) is 11.0. The van der Waals surface area contributed by atoms with Crippen molar-refractivity contribution in [2.45, 2.75) is 56.7 Å². The van der Waals surface area contributed by atoms with Crippen molar-refractivity contribution in [3.05, 3.63) is 12.7 Å². The number of hydrogen-bond acceptors (Lipinski definition) is 2. The van der Waals surface area contributed by atoms with Gasteiger partial charge >= 0.3 is 0 Å². The van der Waals surface area contributed by atoms with Gasteiger partial charge in [0.2, 0.25) is 0 Å². The fourth-order valence-electron chi connectivity index (χ4n) is 2.11. The monoisotopic (exact) mass is 227 g/mol. The molecule has 2 heteroatoms. The highest BCUT2D eigenvalue weighted by Gasteiger charge is 2.29. The smallest absolute Gasteiger partial charge is 0.0256 e. The van der Waals surface area contributed by atoms with Crippen LogP contribution in [0, 0.1) is 0 Å². The van der Waals surface area contributed by atoms with Crippen LogP contribution in [0.25, 0.3) is 0 Å². The topological polar surface area (TPSA) is 12.0 Å². The van der Waals surface area contributed by atoms with E-state index < -0.39 is 0 Å². The first-order valence-corrected chi connectivity index (χ1v) is 7.17. The highest BCUT2D eigenvalue weighted by molar-refractivity contribution is 8.00. The van der Waals surface area contributed by atoms with Crippen molar-refractivity contribution >= 4 is 11.8 Å². The van der Waals surface area contributed by atoms with Crippen molar-refractivity contribution in [1.29, 1.82) is 0 Å². The fourth-order valence-corrected chi connectivity index (χ4v) is 3.36. The van der Waals surface area contributed by atoms with Crippen LogP contribution in [0.2, 0.25) is 0 Å². The third kappa shape index (κ3) is 4.60. The second-order valence-corrected chi connectivity index (χ2v) is 6.44. The van der Waals surface area contributed by atoms with Crippen molar-refractivity contribution < 1.29 is 0 Å². The Hall–Kier alpha value is 0.0500. The molecule has 1 rings (SSSR count). The van der Waals surface area contributed by atoms with E-state index in [2.05, 4.69) is 37.5 Å². The molecule has 1 heterocycles. The average Bonchev–Trinajstić information content (AvgIpc) is 2.66. The zero-order valence-electron chi connectivity index (χ0n) is 10.2. The molecule has 1 aliphatic heterocycles. The van der Waals surface area contributed by atoms with Crippen LogP contribution in [0.4, 0.5) is 0 Å². The van der Waals surface area contributed by atoms with Crippen molar-refractivity contribution in [2.24, 2.45) is 0 Å². The predicted molar refractivity (Wildman–Crippen MR) is 71.6 cm³/mol. The first kappa shape index (κ1) is 13.1. The van der Waals surface area contributed by atoms with Crippen molar-refractivity contribution in [3.63, 3.8) is 0 Å². The van der Waals surface area contributed by atoms with Crippen molar-refractivity contribution in [1.82, 2.24) is 5.32 Å². The summed E-state index contributed by atoms with van der Waals surface area (Å²) in [4.78, 5) is 0. The summed E-state index contributed by atoms with van der Waals surface area (Å²) in [6.45, 7) is 9.63. The Bertz CT molecular complexity index is 185. The Kier molecular flexibility index (Phi) is 5.77. The van der Waals surface area contributed by atoms with Crippen LogP contribution >= 0.6 is 11.8 Å². The Labute approximate surface area is 99.1 Å². The molecule has 1 fully saturated rings. The molecule has 0 radical (unpaired) electrons. The van der Waals surface area contributed by atoms with Crippen LogP contribution in [0.5, 0.6) is 0 Å². The van der Waals surface area contributed by atoms with Crippen LogP contribution in [-0.4, -0.2) is 23.1 Å². The lowest BCUT2D eigenvalue weighted by Gasteiger charge is -2.26. The van der Waals surface area contributed by atoms with Gasteiger partial charge in [0.25, 0.3) is 0 Å². The SMILES string of the molecule is C=CCCC(CC)NCC1(C)CCCS1. The van der Waals surface area contributed by atoms with E-state index in [1.54, 1.807) is 0 Å². The molecule has 0 aromatic rings. The summed E-state index contributed by atoms with van der Waals surface area (Å²) in [7, 11) is 0. The summed E-state index contributed by atoms with van der Waals surface area (Å²) in [6.07, 6.45) is 8.40. The summed E-state index contributed by atoms with van der Waals surface area (Å²) >= 11 is 2.14. The Balaban J connectivity index is 2.23. The summed E-state index contributed by atoms with van der Waals surface area (Å²) in [5.74, 6) is 1.35. The van der Waals surface area contributed by atoms with Gasteiger partial charge in [-0.15, -0.1) is 6.58 Å². The molecule has 88 valence electrons. The first-order valence-electron chi connectivity index (χ1n) is 6.18. The summed E-state index contributed by atoms with van der Waals surface area (Å²) < 4.78 is 0.502. The molecule has 0 aliphatic carbocycles. The van der Waals surface area contributed by atoms with E-state index in [1.165, 1.54) is 38.0 Å². The average molecular weight is 227 g/mol. The fraction of sp³-hybridized carbons (Fsp3) is 0.846. The lowest BCUT2D eigenvalue weighted by atomic mass is 10.0. The number of allylic oxidation sites excluding steroid dienone is 1. The second-order valence-electron chi connectivity index (χ2n) is 4.75. The first-order chi connectivity index (χ1) is 7.20. The minimum absolute atomic E-state index is 0.502. The second kappa shape index (κ2) is 6.59. The molecule has 0 amide bonds. The van der Waals surface area contributed by atoms with Gasteiger partial charge in [-0.3, -0.25) is 0 Å². The van der Waals surface area contributed by atoms with Crippen LogP contribution in [-0.2, 0) is 0 Å². The number of nitrogens with one attached hydrogen (secondary N) is 1. The molecule has 0 saturated carbocycles. The molecule has 0 spiro atoms. The third-order valence-corrected chi connectivity index (χ3v) is 4.82. The van der Waals surface area contributed by atoms with Crippen LogP contribution in [0.15, 0.2) is 12.7 Å². The summed E-state index contributed by atoms with van der Waals surface area (Å²) in [5.41, 5.74) is 0.